The summed E-state index contributed by atoms with van der Waals surface area (Å²) >= 11 is 1.70. The molecule has 2 rings (SSSR count). The maximum atomic E-state index is 6.04. The highest BCUT2D eigenvalue weighted by Gasteiger charge is 2.14. The standard InChI is InChI=1S/C12H18N4S/c1-4-16-12(11(13)9(3)15-16)14-8(2)10-5-6-17-7-10/h5-8,14H,4,13H2,1-3H3. The van der Waals surface area contributed by atoms with Crippen molar-refractivity contribution < 1.29 is 0 Å². The highest BCUT2D eigenvalue weighted by Crippen LogP contribution is 2.27. The van der Waals surface area contributed by atoms with Crippen molar-refractivity contribution >= 4 is 22.8 Å². The first-order chi connectivity index (χ1) is 8.13. The summed E-state index contributed by atoms with van der Waals surface area (Å²) in [6.07, 6.45) is 0. The van der Waals surface area contributed by atoms with Gasteiger partial charge in [-0.3, -0.25) is 0 Å². The summed E-state index contributed by atoms with van der Waals surface area (Å²) in [6, 6.07) is 2.36. The van der Waals surface area contributed by atoms with Gasteiger partial charge in [-0.2, -0.15) is 16.4 Å². The molecule has 0 aromatic carbocycles. The molecule has 0 bridgehead atoms. The number of aromatic nitrogens is 2. The first kappa shape index (κ1) is 12.0. The molecule has 0 saturated heterocycles. The molecule has 2 aromatic rings. The average molecular weight is 250 g/mol. The quantitative estimate of drug-likeness (QED) is 0.877. The van der Waals surface area contributed by atoms with Crippen LogP contribution in [0.1, 0.15) is 31.1 Å². The fourth-order valence-electron chi connectivity index (χ4n) is 1.79. The van der Waals surface area contributed by atoms with Gasteiger partial charge in [-0.05, 0) is 43.2 Å². The largest absolute Gasteiger partial charge is 0.394 e. The molecule has 3 N–H and O–H groups in total. The van der Waals surface area contributed by atoms with E-state index in [-0.39, 0.29) is 6.04 Å². The number of anilines is 2. The first-order valence-electron chi connectivity index (χ1n) is 5.75. The third-order valence-electron chi connectivity index (χ3n) is 2.87. The van der Waals surface area contributed by atoms with Gasteiger partial charge in [0.15, 0.2) is 0 Å². The Hall–Kier alpha value is -1.49. The van der Waals surface area contributed by atoms with Crippen LogP contribution in [0.15, 0.2) is 16.8 Å². The summed E-state index contributed by atoms with van der Waals surface area (Å²) in [5, 5.41) is 12.1. The normalized spacial score (nSPS) is 12.6. The molecular formula is C12H18N4S. The number of aryl methyl sites for hydroxylation is 2. The summed E-state index contributed by atoms with van der Waals surface area (Å²) in [5.74, 6) is 0.920. The lowest BCUT2D eigenvalue weighted by Gasteiger charge is -2.15. The Balaban J connectivity index is 2.24. The molecule has 92 valence electrons. The predicted molar refractivity (Wildman–Crippen MR) is 73.4 cm³/mol. The maximum Gasteiger partial charge on any atom is 0.148 e. The molecule has 5 heteroatoms. The van der Waals surface area contributed by atoms with Gasteiger partial charge in [0.2, 0.25) is 0 Å². The Bertz CT molecular complexity index is 487. The van der Waals surface area contributed by atoms with Gasteiger partial charge in [-0.15, -0.1) is 0 Å². The third-order valence-corrected chi connectivity index (χ3v) is 3.57. The second kappa shape index (κ2) is 4.79. The van der Waals surface area contributed by atoms with E-state index in [0.29, 0.717) is 0 Å². The molecule has 0 amide bonds. The number of nitrogens with two attached hydrogens (primary N) is 1. The molecule has 0 radical (unpaired) electrons. The van der Waals surface area contributed by atoms with Crippen molar-refractivity contribution in [2.75, 3.05) is 11.1 Å². The van der Waals surface area contributed by atoms with E-state index in [1.807, 2.05) is 11.6 Å². The van der Waals surface area contributed by atoms with Gasteiger partial charge in [0.1, 0.15) is 5.82 Å². The monoisotopic (exact) mass is 250 g/mol. The lowest BCUT2D eigenvalue weighted by Crippen LogP contribution is -2.11. The fourth-order valence-corrected chi connectivity index (χ4v) is 2.54. The Kier molecular flexibility index (Phi) is 3.38. The minimum atomic E-state index is 0.241. The highest BCUT2D eigenvalue weighted by molar-refractivity contribution is 7.07. The lowest BCUT2D eigenvalue weighted by molar-refractivity contribution is 0.651. The van der Waals surface area contributed by atoms with Crippen LogP contribution in [0.3, 0.4) is 0 Å². The summed E-state index contributed by atoms with van der Waals surface area (Å²) in [7, 11) is 0. The molecule has 0 aliphatic heterocycles. The van der Waals surface area contributed by atoms with E-state index in [1.54, 1.807) is 11.3 Å². The van der Waals surface area contributed by atoms with E-state index in [1.165, 1.54) is 5.56 Å². The second-order valence-electron chi connectivity index (χ2n) is 4.09. The van der Waals surface area contributed by atoms with Gasteiger partial charge >= 0.3 is 0 Å². The van der Waals surface area contributed by atoms with Gasteiger partial charge < -0.3 is 11.1 Å². The van der Waals surface area contributed by atoms with Crippen LogP contribution in [0, 0.1) is 6.92 Å². The lowest BCUT2D eigenvalue weighted by atomic mass is 10.2. The van der Waals surface area contributed by atoms with Gasteiger partial charge in [0, 0.05) is 6.54 Å². The molecule has 0 aliphatic carbocycles. The van der Waals surface area contributed by atoms with Crippen molar-refractivity contribution in [2.24, 2.45) is 0 Å². The van der Waals surface area contributed by atoms with E-state index >= 15 is 0 Å². The topological polar surface area (TPSA) is 55.9 Å². The minimum absolute atomic E-state index is 0.241. The Labute approximate surface area is 105 Å². The number of hydrogen-bond acceptors (Lipinski definition) is 4. The molecule has 1 unspecified atom stereocenters. The molecule has 0 saturated carbocycles. The van der Waals surface area contributed by atoms with Crippen LogP contribution in [0.4, 0.5) is 11.5 Å². The van der Waals surface area contributed by atoms with E-state index in [2.05, 4.69) is 41.1 Å². The van der Waals surface area contributed by atoms with Crippen molar-refractivity contribution in [3.63, 3.8) is 0 Å². The molecular weight excluding hydrogens is 232 g/mol. The minimum Gasteiger partial charge on any atom is -0.394 e. The number of hydrogen-bond donors (Lipinski definition) is 2. The van der Waals surface area contributed by atoms with Crippen molar-refractivity contribution in [1.29, 1.82) is 0 Å². The van der Waals surface area contributed by atoms with Gasteiger partial charge in [-0.25, -0.2) is 4.68 Å². The molecule has 4 nitrogen and oxygen atoms in total. The highest BCUT2D eigenvalue weighted by atomic mass is 32.1. The van der Waals surface area contributed by atoms with Crippen LogP contribution < -0.4 is 11.1 Å². The predicted octanol–water partition coefficient (Wildman–Crippen LogP) is 3.03. The van der Waals surface area contributed by atoms with Crippen molar-refractivity contribution in [3.05, 3.63) is 28.1 Å². The summed E-state index contributed by atoms with van der Waals surface area (Å²) < 4.78 is 1.91. The van der Waals surface area contributed by atoms with E-state index in [0.717, 1.165) is 23.7 Å². The first-order valence-corrected chi connectivity index (χ1v) is 6.69. The summed E-state index contributed by atoms with van der Waals surface area (Å²) in [6.45, 7) is 6.94. The SMILES string of the molecule is CCn1nc(C)c(N)c1NC(C)c1ccsc1. The van der Waals surface area contributed by atoms with Crippen LogP contribution in [-0.4, -0.2) is 9.78 Å². The Morgan fingerprint density at radius 3 is 2.94 bits per heavy atom. The van der Waals surface area contributed by atoms with Gasteiger partial charge in [0.05, 0.1) is 17.4 Å². The zero-order valence-electron chi connectivity index (χ0n) is 10.4. The van der Waals surface area contributed by atoms with Crippen molar-refractivity contribution in [2.45, 2.75) is 33.4 Å². The number of thiophene rings is 1. The molecule has 0 spiro atoms. The van der Waals surface area contributed by atoms with Crippen LogP contribution in [-0.2, 0) is 6.54 Å². The summed E-state index contributed by atoms with van der Waals surface area (Å²) in [5.41, 5.74) is 8.94. The number of nitrogens with zero attached hydrogens (tertiary/aromatic N) is 2. The maximum absolute atomic E-state index is 6.04. The van der Waals surface area contributed by atoms with Gasteiger partial charge in [-0.1, -0.05) is 0 Å². The molecule has 1 atom stereocenters. The van der Waals surface area contributed by atoms with E-state index in [9.17, 15) is 0 Å². The Morgan fingerprint density at radius 1 is 1.59 bits per heavy atom. The van der Waals surface area contributed by atoms with E-state index in [4.69, 9.17) is 5.73 Å². The zero-order valence-corrected chi connectivity index (χ0v) is 11.2. The smallest absolute Gasteiger partial charge is 0.148 e. The van der Waals surface area contributed by atoms with Gasteiger partial charge in [0.25, 0.3) is 0 Å². The molecule has 2 heterocycles. The van der Waals surface area contributed by atoms with Crippen LogP contribution in [0.2, 0.25) is 0 Å². The molecule has 0 fully saturated rings. The molecule has 2 aromatic heterocycles. The third kappa shape index (κ3) is 2.29. The number of rotatable bonds is 4. The van der Waals surface area contributed by atoms with E-state index < -0.39 is 0 Å². The fraction of sp³-hybridized carbons (Fsp3) is 0.417. The average Bonchev–Trinajstić information content (AvgIpc) is 2.92. The summed E-state index contributed by atoms with van der Waals surface area (Å²) in [4.78, 5) is 0. The van der Waals surface area contributed by atoms with Crippen molar-refractivity contribution in [3.8, 4) is 0 Å². The number of nitrogens with one attached hydrogen (secondary N) is 1. The van der Waals surface area contributed by atoms with Crippen molar-refractivity contribution in [1.82, 2.24) is 9.78 Å². The van der Waals surface area contributed by atoms with Crippen LogP contribution in [0.5, 0.6) is 0 Å². The Morgan fingerprint density at radius 2 is 2.35 bits per heavy atom. The van der Waals surface area contributed by atoms with Crippen LogP contribution in [0.25, 0.3) is 0 Å². The second-order valence-corrected chi connectivity index (χ2v) is 4.87. The van der Waals surface area contributed by atoms with Crippen LogP contribution >= 0.6 is 11.3 Å². The molecule has 17 heavy (non-hydrogen) atoms. The number of nitrogen functional groups attached to an aromatic ring is 1. The molecule has 0 aliphatic rings. The zero-order chi connectivity index (χ0) is 12.4.